The van der Waals surface area contributed by atoms with Crippen LogP contribution in [0.2, 0.25) is 0 Å². The highest BCUT2D eigenvalue weighted by Crippen LogP contribution is 2.30. The number of rotatable bonds is 12. The molecule has 1 aliphatic heterocycles. The van der Waals surface area contributed by atoms with Crippen LogP contribution >= 0.6 is 0 Å². The first-order valence-corrected chi connectivity index (χ1v) is 12.3. The molecule has 3 heterocycles. The number of carbonyl (C=O) groups excluding carboxylic acids is 2. The quantitative estimate of drug-likeness (QED) is 0.0970. The SMILES string of the molecule is O=C(CO)C(O)C(O)C(O)CO.O=CC(O)C(O)C(O)C(O)CO.O=c1[nH]cnc2c1ncn2[C@@H]1O[C@H](CO)[C@@H](O)[C@H]1O. The average Bonchev–Trinajstić information content (AvgIpc) is 3.59. The number of ketones is 1. The second-order valence-electron chi connectivity index (χ2n) is 8.95. The lowest BCUT2D eigenvalue weighted by molar-refractivity contribution is -0.142. The number of imidazole rings is 1. The number of aliphatic hydroxyl groups is 13. The number of nitrogens with zero attached hydrogens (tertiary/aromatic N) is 3. The van der Waals surface area contributed by atoms with Gasteiger partial charge in [0.05, 0.1) is 32.5 Å². The second-order valence-corrected chi connectivity index (χ2v) is 8.95. The van der Waals surface area contributed by atoms with Gasteiger partial charge in [-0.25, -0.2) is 9.97 Å². The van der Waals surface area contributed by atoms with Gasteiger partial charge in [-0.15, -0.1) is 0 Å². The van der Waals surface area contributed by atoms with Gasteiger partial charge in [0.1, 0.15) is 67.6 Å². The molecule has 246 valence electrons. The molecule has 21 heteroatoms. The molecule has 0 aliphatic carbocycles. The molecular formula is C22H36N4O17. The Bertz CT molecular complexity index is 1180. The van der Waals surface area contributed by atoms with Crippen LogP contribution in [0.5, 0.6) is 0 Å². The lowest BCUT2D eigenvalue weighted by atomic mass is 10.0. The van der Waals surface area contributed by atoms with Crippen molar-refractivity contribution in [1.82, 2.24) is 19.5 Å². The Balaban J connectivity index is 0.000000341. The van der Waals surface area contributed by atoms with Crippen molar-refractivity contribution in [1.29, 1.82) is 0 Å². The van der Waals surface area contributed by atoms with Crippen LogP contribution in [0.25, 0.3) is 11.2 Å². The Morgan fingerprint density at radius 2 is 1.51 bits per heavy atom. The van der Waals surface area contributed by atoms with Crippen molar-refractivity contribution in [3.63, 3.8) is 0 Å². The molecule has 3 rings (SSSR count). The maximum Gasteiger partial charge on any atom is 0.278 e. The van der Waals surface area contributed by atoms with E-state index in [2.05, 4.69) is 15.0 Å². The van der Waals surface area contributed by atoms with E-state index >= 15 is 0 Å². The van der Waals surface area contributed by atoms with E-state index in [1.54, 1.807) is 0 Å². The third kappa shape index (κ3) is 9.82. The van der Waals surface area contributed by atoms with Gasteiger partial charge in [-0.05, 0) is 0 Å². The summed E-state index contributed by atoms with van der Waals surface area (Å²) in [7, 11) is 0. The van der Waals surface area contributed by atoms with Gasteiger partial charge in [0.15, 0.2) is 29.5 Å². The number of aromatic amines is 1. The summed E-state index contributed by atoms with van der Waals surface area (Å²) in [5.74, 6) is -1.00. The number of nitrogens with one attached hydrogen (secondary N) is 1. The van der Waals surface area contributed by atoms with Crippen LogP contribution in [0.3, 0.4) is 0 Å². The van der Waals surface area contributed by atoms with Crippen molar-refractivity contribution in [2.24, 2.45) is 0 Å². The minimum absolute atomic E-state index is 0.0258. The second kappa shape index (κ2) is 18.1. The molecule has 1 saturated heterocycles. The molecule has 0 radical (unpaired) electrons. The van der Waals surface area contributed by atoms with Crippen molar-refractivity contribution in [2.75, 3.05) is 26.4 Å². The molecule has 7 unspecified atom stereocenters. The zero-order chi connectivity index (χ0) is 33.0. The zero-order valence-corrected chi connectivity index (χ0v) is 22.2. The molecule has 43 heavy (non-hydrogen) atoms. The maximum absolute atomic E-state index is 11.5. The molecule has 2 aromatic heterocycles. The standard InChI is InChI=1S/C10H12N4O5.2C6H12O6/c15-1-4-6(16)7(17)10(19-4)14-3-13-5-8(14)11-2-12-9(5)18;2*7-1-3(9)5(11)6(12)4(10)2-8/h2-4,6-7,10,15-17H,1H2,(H,11,12,18);3,5-9,11-12H,1-2H2;1,3-6,8-12H,2H2/t4-,6-,7-,10-;;/m1../s1. The summed E-state index contributed by atoms with van der Waals surface area (Å²) >= 11 is 0. The molecule has 0 spiro atoms. The van der Waals surface area contributed by atoms with Gasteiger partial charge < -0.3 is 80.9 Å². The first kappa shape index (κ1) is 38.2. The van der Waals surface area contributed by atoms with Crippen molar-refractivity contribution in [3.05, 3.63) is 23.0 Å². The molecule has 14 N–H and O–H groups in total. The van der Waals surface area contributed by atoms with Gasteiger partial charge in [0.25, 0.3) is 5.56 Å². The largest absolute Gasteiger partial charge is 0.394 e. The minimum Gasteiger partial charge on any atom is -0.394 e. The zero-order valence-electron chi connectivity index (χ0n) is 22.2. The molecule has 11 atom stereocenters. The molecule has 1 fully saturated rings. The first-order valence-electron chi connectivity index (χ1n) is 12.3. The molecule has 0 amide bonds. The van der Waals surface area contributed by atoms with Crippen LogP contribution in [-0.2, 0) is 14.3 Å². The first-order chi connectivity index (χ1) is 20.2. The maximum atomic E-state index is 11.5. The van der Waals surface area contributed by atoms with Gasteiger partial charge in [0, 0.05) is 0 Å². The molecule has 21 nitrogen and oxygen atoms in total. The van der Waals surface area contributed by atoms with E-state index in [0.29, 0.717) is 0 Å². The van der Waals surface area contributed by atoms with E-state index < -0.39 is 105 Å². The number of hydrogen-bond donors (Lipinski definition) is 14. The smallest absolute Gasteiger partial charge is 0.278 e. The normalized spacial score (nSPS) is 24.8. The van der Waals surface area contributed by atoms with Crippen LogP contribution in [0.15, 0.2) is 17.4 Å². The van der Waals surface area contributed by atoms with E-state index in [1.165, 1.54) is 17.2 Å². The summed E-state index contributed by atoms with van der Waals surface area (Å²) in [5.41, 5.74) is -0.0608. The fraction of sp³-hybridized carbons (Fsp3) is 0.682. The van der Waals surface area contributed by atoms with Crippen molar-refractivity contribution in [2.45, 2.75) is 67.3 Å². The summed E-state index contributed by atoms with van der Waals surface area (Å²) < 4.78 is 6.70. The third-order valence-electron chi connectivity index (χ3n) is 5.97. The van der Waals surface area contributed by atoms with E-state index in [0.717, 1.165) is 0 Å². The van der Waals surface area contributed by atoms with Gasteiger partial charge in [0.2, 0.25) is 0 Å². The van der Waals surface area contributed by atoms with Crippen LogP contribution in [0.4, 0.5) is 0 Å². The predicted molar refractivity (Wildman–Crippen MR) is 136 cm³/mol. The summed E-state index contributed by atoms with van der Waals surface area (Å²) in [6.45, 7) is -2.87. The monoisotopic (exact) mass is 628 g/mol. The molecular weight excluding hydrogens is 592 g/mol. The number of aliphatic hydroxyl groups excluding tert-OH is 13. The Kier molecular flexibility index (Phi) is 16.0. The minimum atomic E-state index is -1.86. The molecule has 0 saturated carbocycles. The van der Waals surface area contributed by atoms with E-state index in [9.17, 15) is 24.6 Å². The van der Waals surface area contributed by atoms with Crippen LogP contribution in [0.1, 0.15) is 6.23 Å². The Morgan fingerprint density at radius 1 is 0.930 bits per heavy atom. The highest BCUT2D eigenvalue weighted by molar-refractivity contribution is 5.84. The summed E-state index contributed by atoms with van der Waals surface area (Å²) in [5, 5.41) is 115. The number of aldehydes is 1. The average molecular weight is 629 g/mol. The van der Waals surface area contributed by atoms with E-state index in [1.807, 2.05) is 0 Å². The van der Waals surface area contributed by atoms with Crippen LogP contribution < -0.4 is 5.56 Å². The summed E-state index contributed by atoms with van der Waals surface area (Å²) in [6, 6.07) is 0. The van der Waals surface area contributed by atoms with Crippen molar-refractivity contribution < 1.29 is 80.7 Å². The molecule has 0 bridgehead atoms. The number of carbonyl (C=O) groups is 2. The Morgan fingerprint density at radius 3 is 2.00 bits per heavy atom. The summed E-state index contributed by atoms with van der Waals surface area (Å²) in [4.78, 5) is 42.2. The third-order valence-corrected chi connectivity index (χ3v) is 5.97. The topological polar surface area (TPSA) is 370 Å². The van der Waals surface area contributed by atoms with Gasteiger partial charge in [-0.2, -0.15) is 0 Å². The lowest BCUT2D eigenvalue weighted by Crippen LogP contribution is -2.46. The number of hydrogen-bond acceptors (Lipinski definition) is 19. The number of aromatic nitrogens is 4. The Hall–Kier alpha value is -2.87. The summed E-state index contributed by atoms with van der Waals surface area (Å²) in [6.07, 6.45) is -13.8. The van der Waals surface area contributed by atoms with Crippen molar-refractivity contribution in [3.8, 4) is 0 Å². The predicted octanol–water partition coefficient (Wildman–Crippen LogP) is -9.02. The van der Waals surface area contributed by atoms with Crippen LogP contribution in [-0.4, -0.2) is 185 Å². The lowest BCUT2D eigenvalue weighted by Gasteiger charge is -2.22. The molecule has 0 aromatic carbocycles. The van der Waals surface area contributed by atoms with E-state index in [-0.39, 0.29) is 17.5 Å². The van der Waals surface area contributed by atoms with Gasteiger partial charge in [-0.3, -0.25) is 14.2 Å². The highest BCUT2D eigenvalue weighted by Gasteiger charge is 2.44. The van der Waals surface area contributed by atoms with Gasteiger partial charge >= 0.3 is 0 Å². The van der Waals surface area contributed by atoms with Crippen LogP contribution in [0, 0.1) is 0 Å². The van der Waals surface area contributed by atoms with E-state index in [4.69, 9.17) is 60.9 Å². The highest BCUT2D eigenvalue weighted by atomic mass is 16.6. The molecule has 1 aliphatic rings. The number of ether oxygens (including phenoxy) is 1. The number of Topliss-reactive ketones (excluding diaryl/α,β-unsaturated/α-hetero) is 1. The fourth-order valence-electron chi connectivity index (χ4n) is 3.38. The number of H-pyrrole nitrogens is 1. The Labute approximate surface area is 240 Å². The van der Waals surface area contributed by atoms with Crippen molar-refractivity contribution >= 4 is 23.2 Å². The molecule has 2 aromatic rings. The number of fused-ring (bicyclic) bond motifs is 1. The fourth-order valence-corrected chi connectivity index (χ4v) is 3.38. The van der Waals surface area contributed by atoms with Gasteiger partial charge in [-0.1, -0.05) is 0 Å².